The SMILES string of the molecule is COC(CNC1(C(F)(F)F)CC1)OC. The van der Waals surface area contributed by atoms with Crippen LogP contribution in [-0.2, 0) is 9.47 Å². The fourth-order valence-electron chi connectivity index (χ4n) is 1.23. The highest BCUT2D eigenvalue weighted by molar-refractivity contribution is 5.07. The highest BCUT2D eigenvalue weighted by atomic mass is 19.4. The summed E-state index contributed by atoms with van der Waals surface area (Å²) in [5, 5.41) is 2.44. The van der Waals surface area contributed by atoms with E-state index in [1.54, 1.807) is 0 Å². The molecule has 0 aromatic carbocycles. The molecular formula is C8H14F3NO2. The van der Waals surface area contributed by atoms with Gasteiger partial charge in [-0.25, -0.2) is 0 Å². The lowest BCUT2D eigenvalue weighted by Gasteiger charge is -2.23. The summed E-state index contributed by atoms with van der Waals surface area (Å²) in [5.41, 5.74) is -1.69. The first-order valence-electron chi connectivity index (χ1n) is 4.32. The predicted molar refractivity (Wildman–Crippen MR) is 43.8 cm³/mol. The van der Waals surface area contributed by atoms with Crippen LogP contribution in [0.2, 0.25) is 0 Å². The zero-order valence-electron chi connectivity index (χ0n) is 8.15. The topological polar surface area (TPSA) is 30.5 Å². The van der Waals surface area contributed by atoms with Gasteiger partial charge in [-0.05, 0) is 12.8 Å². The molecule has 1 aliphatic carbocycles. The third-order valence-electron chi connectivity index (χ3n) is 2.43. The first-order valence-corrected chi connectivity index (χ1v) is 4.32. The van der Waals surface area contributed by atoms with Gasteiger partial charge in [0.05, 0.1) is 0 Å². The van der Waals surface area contributed by atoms with Crippen LogP contribution in [0, 0.1) is 0 Å². The molecule has 0 spiro atoms. The number of methoxy groups -OCH3 is 2. The molecule has 1 saturated carbocycles. The van der Waals surface area contributed by atoms with Crippen LogP contribution in [-0.4, -0.2) is 38.8 Å². The van der Waals surface area contributed by atoms with Gasteiger partial charge < -0.3 is 9.47 Å². The van der Waals surface area contributed by atoms with Crippen LogP contribution in [0.3, 0.4) is 0 Å². The molecule has 3 nitrogen and oxygen atoms in total. The molecule has 1 fully saturated rings. The lowest BCUT2D eigenvalue weighted by Crippen LogP contribution is -2.48. The Labute approximate surface area is 80.6 Å². The Hall–Kier alpha value is -0.330. The lowest BCUT2D eigenvalue weighted by molar-refractivity contribution is -0.172. The molecule has 84 valence electrons. The minimum Gasteiger partial charge on any atom is -0.355 e. The van der Waals surface area contributed by atoms with Gasteiger partial charge >= 0.3 is 6.18 Å². The monoisotopic (exact) mass is 213 g/mol. The molecule has 0 amide bonds. The molecule has 0 unspecified atom stereocenters. The molecule has 0 heterocycles. The molecule has 0 saturated heterocycles. The van der Waals surface area contributed by atoms with Crippen molar-refractivity contribution in [3.05, 3.63) is 0 Å². The smallest absolute Gasteiger partial charge is 0.355 e. The highest BCUT2D eigenvalue weighted by Gasteiger charge is 2.63. The summed E-state index contributed by atoms with van der Waals surface area (Å²) in [6, 6.07) is 0. The molecule has 0 aromatic rings. The van der Waals surface area contributed by atoms with Gasteiger partial charge in [-0.2, -0.15) is 13.2 Å². The summed E-state index contributed by atoms with van der Waals surface area (Å²) in [6.45, 7) is 0.0481. The second kappa shape index (κ2) is 4.04. The van der Waals surface area contributed by atoms with Crippen LogP contribution in [0.15, 0.2) is 0 Å². The second-order valence-electron chi connectivity index (χ2n) is 3.36. The van der Waals surface area contributed by atoms with Crippen molar-refractivity contribution in [1.82, 2.24) is 5.32 Å². The third-order valence-corrected chi connectivity index (χ3v) is 2.43. The van der Waals surface area contributed by atoms with Crippen LogP contribution in [0.25, 0.3) is 0 Å². The van der Waals surface area contributed by atoms with Crippen LogP contribution in [0.1, 0.15) is 12.8 Å². The Balaban J connectivity index is 2.38. The third kappa shape index (κ3) is 2.37. The number of nitrogens with one attached hydrogen (secondary N) is 1. The van der Waals surface area contributed by atoms with E-state index in [0.29, 0.717) is 0 Å². The van der Waals surface area contributed by atoms with Crippen molar-refractivity contribution in [1.29, 1.82) is 0 Å². The minimum atomic E-state index is -4.18. The van der Waals surface area contributed by atoms with Gasteiger partial charge in [0.1, 0.15) is 5.54 Å². The maximum Gasteiger partial charge on any atom is 0.406 e. The van der Waals surface area contributed by atoms with Crippen molar-refractivity contribution in [2.75, 3.05) is 20.8 Å². The zero-order valence-corrected chi connectivity index (χ0v) is 8.15. The Morgan fingerprint density at radius 1 is 1.29 bits per heavy atom. The van der Waals surface area contributed by atoms with Crippen molar-refractivity contribution >= 4 is 0 Å². The lowest BCUT2D eigenvalue weighted by atomic mass is 10.2. The molecule has 1 N–H and O–H groups in total. The molecule has 0 aliphatic heterocycles. The van der Waals surface area contributed by atoms with Crippen molar-refractivity contribution in [2.45, 2.75) is 30.8 Å². The van der Waals surface area contributed by atoms with Gasteiger partial charge in [-0.1, -0.05) is 0 Å². The Bertz CT molecular complexity index is 188. The van der Waals surface area contributed by atoms with Gasteiger partial charge in [0, 0.05) is 20.8 Å². The van der Waals surface area contributed by atoms with Crippen molar-refractivity contribution in [3.63, 3.8) is 0 Å². The summed E-state index contributed by atoms with van der Waals surface area (Å²) < 4.78 is 46.8. The molecule has 0 bridgehead atoms. The molecule has 1 rings (SSSR count). The normalized spacial score (nSPS) is 20.1. The maximum atomic E-state index is 12.4. The summed E-state index contributed by atoms with van der Waals surface area (Å²) in [5.74, 6) is 0. The molecule has 6 heteroatoms. The minimum absolute atomic E-state index is 0.0481. The summed E-state index contributed by atoms with van der Waals surface area (Å²) >= 11 is 0. The van der Waals surface area contributed by atoms with Crippen molar-refractivity contribution < 1.29 is 22.6 Å². The first kappa shape index (κ1) is 11.7. The molecule has 0 radical (unpaired) electrons. The Morgan fingerprint density at radius 2 is 1.79 bits per heavy atom. The Morgan fingerprint density at radius 3 is 2.07 bits per heavy atom. The van der Waals surface area contributed by atoms with Gasteiger partial charge in [0.15, 0.2) is 6.29 Å². The van der Waals surface area contributed by atoms with Crippen LogP contribution < -0.4 is 5.32 Å². The van der Waals surface area contributed by atoms with E-state index in [0.717, 1.165) is 0 Å². The first-order chi connectivity index (χ1) is 6.45. The van der Waals surface area contributed by atoms with E-state index in [1.807, 2.05) is 0 Å². The molecule has 14 heavy (non-hydrogen) atoms. The van der Waals surface area contributed by atoms with E-state index in [-0.39, 0.29) is 19.4 Å². The average Bonchev–Trinajstić information content (AvgIpc) is 2.86. The Kier molecular flexibility index (Phi) is 3.39. The van der Waals surface area contributed by atoms with Gasteiger partial charge in [0.25, 0.3) is 0 Å². The van der Waals surface area contributed by atoms with Crippen molar-refractivity contribution in [2.24, 2.45) is 0 Å². The number of ether oxygens (including phenoxy) is 2. The highest BCUT2D eigenvalue weighted by Crippen LogP contribution is 2.48. The standard InChI is InChI=1S/C8H14F3NO2/c1-13-6(14-2)5-12-7(3-4-7)8(9,10)11/h6,12H,3-5H2,1-2H3. The molecule has 0 aromatic heterocycles. The van der Waals surface area contributed by atoms with E-state index in [9.17, 15) is 13.2 Å². The van der Waals surface area contributed by atoms with Crippen LogP contribution >= 0.6 is 0 Å². The largest absolute Gasteiger partial charge is 0.406 e. The fraction of sp³-hybridized carbons (Fsp3) is 1.00. The number of rotatable bonds is 5. The zero-order chi connectivity index (χ0) is 10.8. The summed E-state index contributed by atoms with van der Waals surface area (Å²) in [4.78, 5) is 0. The summed E-state index contributed by atoms with van der Waals surface area (Å²) in [6.07, 6.45) is -4.54. The fourth-order valence-corrected chi connectivity index (χ4v) is 1.23. The van der Waals surface area contributed by atoms with Gasteiger partial charge in [0.2, 0.25) is 0 Å². The van der Waals surface area contributed by atoms with E-state index < -0.39 is 18.0 Å². The van der Waals surface area contributed by atoms with E-state index in [2.05, 4.69) is 5.32 Å². The van der Waals surface area contributed by atoms with E-state index in [4.69, 9.17) is 9.47 Å². The number of hydrogen-bond acceptors (Lipinski definition) is 3. The van der Waals surface area contributed by atoms with Crippen LogP contribution in [0.4, 0.5) is 13.2 Å². The second-order valence-corrected chi connectivity index (χ2v) is 3.36. The van der Waals surface area contributed by atoms with E-state index in [1.165, 1.54) is 14.2 Å². The number of halogens is 3. The quantitative estimate of drug-likeness (QED) is 0.698. The maximum absolute atomic E-state index is 12.4. The number of hydrogen-bond donors (Lipinski definition) is 1. The van der Waals surface area contributed by atoms with Gasteiger partial charge in [-0.15, -0.1) is 0 Å². The van der Waals surface area contributed by atoms with Crippen molar-refractivity contribution in [3.8, 4) is 0 Å². The number of alkyl halides is 3. The van der Waals surface area contributed by atoms with E-state index >= 15 is 0 Å². The molecule has 0 atom stereocenters. The predicted octanol–water partition coefficient (Wildman–Crippen LogP) is 1.29. The van der Waals surface area contributed by atoms with Gasteiger partial charge in [-0.3, -0.25) is 5.32 Å². The van der Waals surface area contributed by atoms with Crippen LogP contribution in [0.5, 0.6) is 0 Å². The molecule has 1 aliphatic rings. The summed E-state index contributed by atoms with van der Waals surface area (Å²) in [7, 11) is 2.78. The molecular weight excluding hydrogens is 199 g/mol. The average molecular weight is 213 g/mol.